The van der Waals surface area contributed by atoms with E-state index in [1.165, 1.54) is 0 Å². The van der Waals surface area contributed by atoms with E-state index in [0.29, 0.717) is 47.8 Å². The number of aliphatic carboxylic acids is 1. The number of fused-ring (bicyclic) bond motifs is 5. The van der Waals surface area contributed by atoms with Crippen LogP contribution >= 0.6 is 0 Å². The first-order chi connectivity index (χ1) is 18.8. The van der Waals surface area contributed by atoms with Gasteiger partial charge in [-0.2, -0.15) is 8.42 Å². The lowest BCUT2D eigenvalue weighted by Gasteiger charge is -2.60. The quantitative estimate of drug-likeness (QED) is 0.231. The summed E-state index contributed by atoms with van der Waals surface area (Å²) in [5, 5.41) is 26.0. The fraction of sp³-hybridized carbons (Fsp3) is 0.897. The van der Waals surface area contributed by atoms with Crippen molar-refractivity contribution in [3.8, 4) is 0 Å². The van der Waals surface area contributed by atoms with Crippen LogP contribution in [0.5, 0.6) is 0 Å². The zero-order chi connectivity index (χ0) is 29.2. The lowest BCUT2D eigenvalue weighted by molar-refractivity contribution is -0.151. The van der Waals surface area contributed by atoms with Crippen LogP contribution in [0, 0.1) is 46.8 Å². The van der Waals surface area contributed by atoms with Gasteiger partial charge in [0.15, 0.2) is 0 Å². The number of hydrogen-bond donors (Lipinski definition) is 5. The summed E-state index contributed by atoms with van der Waals surface area (Å²) in [6, 6.07) is 0.0430. The van der Waals surface area contributed by atoms with Gasteiger partial charge in [0.1, 0.15) is 0 Å². The van der Waals surface area contributed by atoms with Crippen molar-refractivity contribution < 1.29 is 37.6 Å². The van der Waals surface area contributed by atoms with Crippen LogP contribution in [0.25, 0.3) is 0 Å². The summed E-state index contributed by atoms with van der Waals surface area (Å²) < 4.78 is 30.5. The summed E-state index contributed by atoms with van der Waals surface area (Å²) in [7, 11) is -4.09. The fourth-order valence-electron chi connectivity index (χ4n) is 9.28. The van der Waals surface area contributed by atoms with Crippen LogP contribution in [0.15, 0.2) is 0 Å². The summed E-state index contributed by atoms with van der Waals surface area (Å²) >= 11 is 0. The van der Waals surface area contributed by atoms with E-state index in [0.717, 1.165) is 57.8 Å². The van der Waals surface area contributed by atoms with E-state index in [9.17, 15) is 27.9 Å². The number of nitrogens with one attached hydrogen (secondary N) is 2. The van der Waals surface area contributed by atoms with Crippen molar-refractivity contribution in [1.29, 1.82) is 0 Å². The van der Waals surface area contributed by atoms with Crippen molar-refractivity contribution in [2.24, 2.45) is 46.8 Å². The van der Waals surface area contributed by atoms with Crippen molar-refractivity contribution in [1.82, 2.24) is 10.6 Å². The molecule has 4 fully saturated rings. The Hall–Kier alpha value is -1.72. The Kier molecular flexibility index (Phi) is 9.87. The standard InChI is InChI=1S/C29H48N2O8S/c1-17(3-8-25(33)30-13-14-40(37,38)39)20-4-5-22-21(20)6-7-23-28(22)24(32)16-18-15-19(11-12-29(18,23)2)31-26(34)9-10-27(35)36/h17-24,28,32H,3-16H2,1-2H3,(H,30,33)(H,31,34)(H,35,36)(H,37,38,39)/t17-,18+,19-,20-,21?,22-,23+,24+,28+,29+/m1/s1. The normalized spacial score (nSPS) is 37.9. The SMILES string of the molecule is C[C@H](CCC(=O)NCCS(=O)(=O)O)[C@H]1CC[C@@H]2C1CC[C@H]1[C@H]2[C@@H](O)C[C@@H]2C[C@H](NC(=O)CCC(=O)O)CC[C@@]21C. The Bertz CT molecular complexity index is 1050. The van der Waals surface area contributed by atoms with Gasteiger partial charge >= 0.3 is 5.97 Å². The third-order valence-corrected chi connectivity index (χ3v) is 11.9. The van der Waals surface area contributed by atoms with E-state index in [2.05, 4.69) is 24.5 Å². The van der Waals surface area contributed by atoms with Crippen molar-refractivity contribution >= 4 is 27.9 Å². The number of carboxylic acids is 1. The van der Waals surface area contributed by atoms with Gasteiger partial charge in [-0.1, -0.05) is 13.8 Å². The lowest BCUT2D eigenvalue weighted by atomic mass is 9.46. The molecule has 0 saturated heterocycles. The second-order valence-electron chi connectivity index (χ2n) is 13.4. The number of amides is 2. The molecule has 40 heavy (non-hydrogen) atoms. The lowest BCUT2D eigenvalue weighted by Crippen LogP contribution is -2.58. The molecule has 0 radical (unpaired) electrons. The average Bonchev–Trinajstić information content (AvgIpc) is 3.31. The molecule has 4 rings (SSSR count). The highest BCUT2D eigenvalue weighted by atomic mass is 32.2. The van der Waals surface area contributed by atoms with Gasteiger partial charge in [-0.25, -0.2) is 0 Å². The van der Waals surface area contributed by atoms with Crippen LogP contribution in [-0.2, 0) is 24.5 Å². The van der Waals surface area contributed by atoms with E-state index in [-0.39, 0.29) is 48.8 Å². The average molecular weight is 585 g/mol. The second-order valence-corrected chi connectivity index (χ2v) is 15.0. The number of aliphatic hydroxyl groups is 1. The zero-order valence-corrected chi connectivity index (χ0v) is 24.7. The number of carboxylic acid groups (broad SMARTS) is 1. The van der Waals surface area contributed by atoms with Crippen molar-refractivity contribution in [2.45, 2.75) is 103 Å². The van der Waals surface area contributed by atoms with Crippen LogP contribution in [-0.4, -0.2) is 65.4 Å². The molecule has 4 aliphatic rings. The molecule has 0 aromatic heterocycles. The van der Waals surface area contributed by atoms with Gasteiger partial charge in [-0.3, -0.25) is 18.9 Å². The maximum atomic E-state index is 12.2. The van der Waals surface area contributed by atoms with Crippen LogP contribution < -0.4 is 10.6 Å². The molecular weight excluding hydrogens is 536 g/mol. The molecule has 0 bridgehead atoms. The minimum atomic E-state index is -4.09. The van der Waals surface area contributed by atoms with Crippen LogP contribution in [0.4, 0.5) is 0 Å². The molecule has 4 aliphatic carbocycles. The Morgan fingerprint density at radius 2 is 1.70 bits per heavy atom. The van der Waals surface area contributed by atoms with Gasteiger partial charge in [0.2, 0.25) is 11.8 Å². The zero-order valence-electron chi connectivity index (χ0n) is 23.9. The molecule has 10 nitrogen and oxygen atoms in total. The summed E-state index contributed by atoms with van der Waals surface area (Å²) in [6.07, 6.45) is 8.55. The van der Waals surface area contributed by atoms with Gasteiger partial charge in [-0.15, -0.1) is 0 Å². The van der Waals surface area contributed by atoms with E-state index in [4.69, 9.17) is 9.66 Å². The van der Waals surface area contributed by atoms with E-state index < -0.39 is 21.8 Å². The molecule has 0 spiro atoms. The highest BCUT2D eigenvalue weighted by Crippen LogP contribution is 2.64. The number of carbonyl (C=O) groups excluding carboxylic acids is 2. The number of carbonyl (C=O) groups is 3. The van der Waals surface area contributed by atoms with Crippen molar-refractivity contribution in [3.63, 3.8) is 0 Å². The first-order valence-corrected chi connectivity index (χ1v) is 16.8. The van der Waals surface area contributed by atoms with Gasteiger partial charge in [0, 0.05) is 25.4 Å². The Labute approximate surface area is 238 Å². The molecule has 1 unspecified atom stereocenters. The van der Waals surface area contributed by atoms with Gasteiger partial charge < -0.3 is 20.8 Å². The monoisotopic (exact) mass is 584 g/mol. The van der Waals surface area contributed by atoms with E-state index >= 15 is 0 Å². The van der Waals surface area contributed by atoms with Gasteiger partial charge in [0.05, 0.1) is 18.3 Å². The topological polar surface area (TPSA) is 170 Å². The summed E-state index contributed by atoms with van der Waals surface area (Å²) in [5.74, 6) is 1.20. The minimum Gasteiger partial charge on any atom is -0.481 e. The van der Waals surface area contributed by atoms with E-state index in [1.807, 2.05) is 0 Å². The summed E-state index contributed by atoms with van der Waals surface area (Å²) in [6.45, 7) is 4.53. The van der Waals surface area contributed by atoms with Crippen molar-refractivity contribution in [2.75, 3.05) is 12.3 Å². The predicted octanol–water partition coefficient (Wildman–Crippen LogP) is 3.00. The minimum absolute atomic E-state index is 0.00244. The van der Waals surface area contributed by atoms with E-state index in [1.54, 1.807) is 0 Å². The molecule has 11 heteroatoms. The van der Waals surface area contributed by atoms with Crippen molar-refractivity contribution in [3.05, 3.63) is 0 Å². The Morgan fingerprint density at radius 1 is 0.975 bits per heavy atom. The summed E-state index contributed by atoms with van der Waals surface area (Å²) in [5.41, 5.74) is 0.140. The molecule has 0 aromatic rings. The summed E-state index contributed by atoms with van der Waals surface area (Å²) in [4.78, 5) is 35.3. The Balaban J connectivity index is 1.31. The first-order valence-electron chi connectivity index (χ1n) is 15.2. The first kappa shape index (κ1) is 31.2. The maximum Gasteiger partial charge on any atom is 0.303 e. The fourth-order valence-corrected chi connectivity index (χ4v) is 9.64. The highest BCUT2D eigenvalue weighted by molar-refractivity contribution is 7.85. The van der Waals surface area contributed by atoms with Gasteiger partial charge in [0.25, 0.3) is 10.1 Å². The molecular formula is C29H48N2O8S. The largest absolute Gasteiger partial charge is 0.481 e. The maximum absolute atomic E-state index is 12.2. The molecule has 0 aliphatic heterocycles. The predicted molar refractivity (Wildman–Crippen MR) is 149 cm³/mol. The molecule has 10 atom stereocenters. The number of hydrogen-bond acceptors (Lipinski definition) is 6. The molecule has 4 saturated carbocycles. The second kappa shape index (κ2) is 12.7. The van der Waals surface area contributed by atoms with Crippen LogP contribution in [0.2, 0.25) is 0 Å². The molecule has 2 amide bonds. The smallest absolute Gasteiger partial charge is 0.303 e. The number of rotatable bonds is 11. The van der Waals surface area contributed by atoms with Gasteiger partial charge in [-0.05, 0) is 105 Å². The van der Waals surface area contributed by atoms with Crippen LogP contribution in [0.1, 0.15) is 90.9 Å². The highest BCUT2D eigenvalue weighted by Gasteiger charge is 2.59. The molecule has 228 valence electrons. The Morgan fingerprint density at radius 3 is 2.40 bits per heavy atom. The third kappa shape index (κ3) is 7.18. The number of aliphatic hydroxyl groups excluding tert-OH is 1. The molecule has 0 heterocycles. The third-order valence-electron chi connectivity index (χ3n) is 11.2. The van der Waals surface area contributed by atoms with Crippen LogP contribution in [0.3, 0.4) is 0 Å². The molecule has 0 aromatic carbocycles. The molecule has 5 N–H and O–H groups in total.